The lowest BCUT2D eigenvalue weighted by Gasteiger charge is -2.14. The maximum absolute atomic E-state index is 9.05. The number of ether oxygens (including phenoxy) is 2. The van der Waals surface area contributed by atoms with E-state index in [1.807, 2.05) is 49.4 Å². The van der Waals surface area contributed by atoms with Gasteiger partial charge in [-0.1, -0.05) is 53.5 Å². The lowest BCUT2D eigenvalue weighted by molar-refractivity contribution is 0.269. The van der Waals surface area contributed by atoms with E-state index in [2.05, 4.69) is 16.6 Å². The van der Waals surface area contributed by atoms with Gasteiger partial charge in [0, 0.05) is 5.02 Å². The van der Waals surface area contributed by atoms with E-state index >= 15 is 0 Å². The standard InChI is InChI=1S/C24H21Cl2N3O2/c1-2-30-23-12-19(14-28-29-15-20-8-3-4-9-21(20)25)11-22(26)24(23)31-16-18-7-5-6-17(10-18)13-27/h3-12,14,29H,2,15-16H2,1H3/b28-14-. The lowest BCUT2D eigenvalue weighted by Crippen LogP contribution is -2.06. The average Bonchev–Trinajstić information content (AvgIpc) is 2.77. The molecule has 1 N–H and O–H groups in total. The fourth-order valence-electron chi connectivity index (χ4n) is 2.84. The highest BCUT2D eigenvalue weighted by atomic mass is 35.5. The molecule has 0 amide bonds. The number of rotatable bonds is 9. The molecular weight excluding hydrogens is 433 g/mol. The minimum atomic E-state index is 0.266. The highest BCUT2D eigenvalue weighted by Crippen LogP contribution is 2.37. The van der Waals surface area contributed by atoms with Gasteiger partial charge < -0.3 is 14.9 Å². The number of hydrogen-bond donors (Lipinski definition) is 1. The molecule has 0 fully saturated rings. The molecule has 0 aliphatic heterocycles. The topological polar surface area (TPSA) is 66.6 Å². The Bertz CT molecular complexity index is 1110. The van der Waals surface area contributed by atoms with Gasteiger partial charge in [-0.05, 0) is 53.9 Å². The van der Waals surface area contributed by atoms with Gasteiger partial charge in [0.05, 0.1) is 36.0 Å². The van der Waals surface area contributed by atoms with E-state index in [9.17, 15) is 0 Å². The number of hydrogen-bond acceptors (Lipinski definition) is 5. The SMILES string of the molecule is CCOc1cc(/C=N\NCc2ccccc2Cl)cc(Cl)c1OCc1cccc(C#N)c1. The smallest absolute Gasteiger partial charge is 0.180 e. The van der Waals surface area contributed by atoms with Crippen LogP contribution >= 0.6 is 23.2 Å². The first-order chi connectivity index (χ1) is 15.1. The number of halogens is 2. The van der Waals surface area contributed by atoms with Gasteiger partial charge in [-0.2, -0.15) is 10.4 Å². The van der Waals surface area contributed by atoms with Crippen LogP contribution in [0.5, 0.6) is 11.5 Å². The van der Waals surface area contributed by atoms with Crippen LogP contribution in [-0.2, 0) is 13.2 Å². The van der Waals surface area contributed by atoms with Crippen LogP contribution in [0.4, 0.5) is 0 Å². The molecule has 0 unspecified atom stereocenters. The van der Waals surface area contributed by atoms with E-state index in [-0.39, 0.29) is 6.61 Å². The zero-order valence-corrected chi connectivity index (χ0v) is 18.5. The average molecular weight is 454 g/mol. The lowest BCUT2D eigenvalue weighted by atomic mass is 10.1. The molecule has 158 valence electrons. The molecule has 0 bridgehead atoms. The first-order valence-corrected chi connectivity index (χ1v) is 10.4. The Balaban J connectivity index is 1.70. The molecule has 0 aliphatic rings. The Morgan fingerprint density at radius 2 is 1.87 bits per heavy atom. The zero-order chi connectivity index (χ0) is 22.1. The molecule has 0 saturated heterocycles. The van der Waals surface area contributed by atoms with E-state index in [1.54, 1.807) is 24.4 Å². The third kappa shape index (κ3) is 6.39. The molecule has 0 saturated carbocycles. The summed E-state index contributed by atoms with van der Waals surface area (Å²) in [7, 11) is 0. The Kier molecular flexibility index (Phi) is 8.17. The molecule has 0 radical (unpaired) electrons. The van der Waals surface area contributed by atoms with E-state index < -0.39 is 0 Å². The van der Waals surface area contributed by atoms with Crippen molar-refractivity contribution in [3.05, 3.63) is 93.0 Å². The van der Waals surface area contributed by atoms with E-state index in [0.29, 0.717) is 40.3 Å². The largest absolute Gasteiger partial charge is 0.490 e. The second kappa shape index (κ2) is 11.3. The van der Waals surface area contributed by atoms with Crippen molar-refractivity contribution in [3.63, 3.8) is 0 Å². The summed E-state index contributed by atoms with van der Waals surface area (Å²) in [6, 6.07) is 20.5. The normalized spacial score (nSPS) is 10.6. The highest BCUT2D eigenvalue weighted by molar-refractivity contribution is 6.32. The van der Waals surface area contributed by atoms with Gasteiger partial charge in [0.1, 0.15) is 6.61 Å². The quantitative estimate of drug-likeness (QED) is 0.320. The van der Waals surface area contributed by atoms with Crippen molar-refractivity contribution >= 4 is 29.4 Å². The molecule has 0 atom stereocenters. The monoisotopic (exact) mass is 453 g/mol. The summed E-state index contributed by atoms with van der Waals surface area (Å²) < 4.78 is 11.6. The molecule has 3 rings (SSSR count). The van der Waals surface area contributed by atoms with Crippen LogP contribution in [0.3, 0.4) is 0 Å². The van der Waals surface area contributed by atoms with Crippen molar-refractivity contribution in [1.82, 2.24) is 5.43 Å². The van der Waals surface area contributed by atoms with Crippen LogP contribution in [0.1, 0.15) is 29.2 Å². The highest BCUT2D eigenvalue weighted by Gasteiger charge is 2.13. The molecule has 5 nitrogen and oxygen atoms in total. The van der Waals surface area contributed by atoms with Gasteiger partial charge in [-0.25, -0.2) is 0 Å². The van der Waals surface area contributed by atoms with Gasteiger partial charge in [-0.15, -0.1) is 0 Å². The van der Waals surface area contributed by atoms with E-state index in [1.165, 1.54) is 0 Å². The Morgan fingerprint density at radius 1 is 1.03 bits per heavy atom. The number of nitrogens with one attached hydrogen (secondary N) is 1. The molecule has 0 heterocycles. The Labute approximate surface area is 191 Å². The van der Waals surface area contributed by atoms with Crippen molar-refractivity contribution in [3.8, 4) is 17.6 Å². The summed E-state index contributed by atoms with van der Waals surface area (Å²) in [6.07, 6.45) is 1.66. The fraction of sp³-hybridized carbons (Fsp3) is 0.167. The van der Waals surface area contributed by atoms with Crippen molar-refractivity contribution in [2.45, 2.75) is 20.1 Å². The van der Waals surface area contributed by atoms with Crippen LogP contribution in [-0.4, -0.2) is 12.8 Å². The third-order valence-corrected chi connectivity index (χ3v) is 4.95. The van der Waals surface area contributed by atoms with Crippen molar-refractivity contribution in [2.24, 2.45) is 5.10 Å². The molecule has 0 spiro atoms. The molecule has 31 heavy (non-hydrogen) atoms. The maximum atomic E-state index is 9.05. The summed E-state index contributed by atoms with van der Waals surface area (Å²) >= 11 is 12.6. The van der Waals surface area contributed by atoms with Crippen molar-refractivity contribution < 1.29 is 9.47 Å². The molecule has 3 aromatic carbocycles. The minimum absolute atomic E-state index is 0.266. The zero-order valence-electron chi connectivity index (χ0n) is 16.9. The second-order valence-electron chi connectivity index (χ2n) is 6.55. The van der Waals surface area contributed by atoms with Crippen molar-refractivity contribution in [2.75, 3.05) is 6.61 Å². The van der Waals surface area contributed by atoms with Crippen LogP contribution in [0.2, 0.25) is 10.0 Å². The summed E-state index contributed by atoms with van der Waals surface area (Å²) in [4.78, 5) is 0. The Hall–Kier alpha value is -3.20. The number of nitriles is 1. The maximum Gasteiger partial charge on any atom is 0.180 e. The van der Waals surface area contributed by atoms with Crippen LogP contribution in [0.25, 0.3) is 0 Å². The number of hydrazone groups is 1. The first-order valence-electron chi connectivity index (χ1n) is 9.68. The van der Waals surface area contributed by atoms with Crippen LogP contribution in [0, 0.1) is 11.3 Å². The predicted molar refractivity (Wildman–Crippen MR) is 124 cm³/mol. The van der Waals surface area contributed by atoms with Gasteiger partial charge in [-0.3, -0.25) is 0 Å². The van der Waals surface area contributed by atoms with E-state index in [0.717, 1.165) is 16.7 Å². The van der Waals surface area contributed by atoms with Gasteiger partial charge in [0.15, 0.2) is 11.5 Å². The summed E-state index contributed by atoms with van der Waals surface area (Å²) in [5.41, 5.74) is 6.14. The second-order valence-corrected chi connectivity index (χ2v) is 7.36. The van der Waals surface area contributed by atoms with Crippen LogP contribution in [0.15, 0.2) is 65.8 Å². The summed E-state index contributed by atoms with van der Waals surface area (Å²) in [6.45, 7) is 3.12. The van der Waals surface area contributed by atoms with E-state index in [4.69, 9.17) is 37.9 Å². The third-order valence-electron chi connectivity index (χ3n) is 4.30. The molecule has 3 aromatic rings. The minimum Gasteiger partial charge on any atom is -0.490 e. The number of benzene rings is 3. The van der Waals surface area contributed by atoms with Crippen molar-refractivity contribution in [1.29, 1.82) is 5.26 Å². The molecule has 0 aliphatic carbocycles. The molecule has 0 aromatic heterocycles. The van der Waals surface area contributed by atoms with Crippen LogP contribution < -0.4 is 14.9 Å². The van der Waals surface area contributed by atoms with Gasteiger partial charge in [0.2, 0.25) is 0 Å². The fourth-order valence-corrected chi connectivity index (χ4v) is 3.32. The Morgan fingerprint density at radius 3 is 2.65 bits per heavy atom. The first kappa shape index (κ1) is 22.5. The summed E-state index contributed by atoms with van der Waals surface area (Å²) in [5.74, 6) is 0.978. The molecule has 7 heteroatoms. The summed E-state index contributed by atoms with van der Waals surface area (Å²) in [5, 5.41) is 14.4. The number of nitrogens with zero attached hydrogens (tertiary/aromatic N) is 2. The van der Waals surface area contributed by atoms with Gasteiger partial charge in [0.25, 0.3) is 0 Å². The van der Waals surface area contributed by atoms with Gasteiger partial charge >= 0.3 is 0 Å². The molecular formula is C24H21Cl2N3O2. The predicted octanol–water partition coefficient (Wildman–Crippen LogP) is 5.97.